The number of nitrogens with one attached hydrogen (secondary N) is 1. The Kier molecular flexibility index (Phi) is 3.46. The highest BCUT2D eigenvalue weighted by atomic mass is 32.1. The molecule has 0 aliphatic rings. The first kappa shape index (κ1) is 11.9. The minimum absolute atomic E-state index is 0.414. The molecule has 3 rings (SSSR count). The number of likely N-dealkylation sites (N-methyl/N-ethyl adjacent to an activating group) is 1. The largest absolute Gasteiger partial charge is 0.312 e. The van der Waals surface area contributed by atoms with Gasteiger partial charge in [0.15, 0.2) is 0 Å². The van der Waals surface area contributed by atoms with Crippen LogP contribution in [0.3, 0.4) is 0 Å². The Labute approximate surface area is 115 Å². The van der Waals surface area contributed by atoms with Gasteiger partial charge in [-0.05, 0) is 36.5 Å². The molecule has 0 saturated heterocycles. The number of fused-ring (bicyclic) bond motifs is 1. The second kappa shape index (κ2) is 5.22. The quantitative estimate of drug-likeness (QED) is 0.739. The van der Waals surface area contributed by atoms with Crippen LogP contribution in [-0.2, 0) is 6.42 Å². The van der Waals surface area contributed by atoms with Crippen molar-refractivity contribution in [2.75, 3.05) is 7.05 Å². The number of hydrogen-bond donors (Lipinski definition) is 1. The van der Waals surface area contributed by atoms with Gasteiger partial charge in [0.05, 0.1) is 0 Å². The predicted molar refractivity (Wildman–Crippen MR) is 81.6 cm³/mol. The molecule has 1 N–H and O–H groups in total. The Morgan fingerprint density at radius 2 is 1.94 bits per heavy atom. The maximum Gasteiger partial charge on any atom is 0.0454 e. The van der Waals surface area contributed by atoms with Crippen LogP contribution in [0.25, 0.3) is 9.40 Å². The van der Waals surface area contributed by atoms with Gasteiger partial charge in [-0.1, -0.05) is 30.3 Å². The molecule has 1 nitrogen and oxygen atoms in total. The molecule has 0 aliphatic heterocycles. The Morgan fingerprint density at radius 3 is 2.67 bits per heavy atom. The highest BCUT2D eigenvalue weighted by molar-refractivity contribution is 7.26. The van der Waals surface area contributed by atoms with Crippen LogP contribution in [-0.4, -0.2) is 7.05 Å². The fourth-order valence-electron chi connectivity index (χ4n) is 2.15. The van der Waals surface area contributed by atoms with Gasteiger partial charge in [-0.15, -0.1) is 22.7 Å². The lowest BCUT2D eigenvalue weighted by atomic mass is 10.1. The van der Waals surface area contributed by atoms with Gasteiger partial charge >= 0.3 is 0 Å². The minimum atomic E-state index is 0.414. The second-order valence-electron chi connectivity index (χ2n) is 4.33. The maximum absolute atomic E-state index is 3.43. The van der Waals surface area contributed by atoms with Crippen molar-refractivity contribution < 1.29 is 0 Å². The van der Waals surface area contributed by atoms with Crippen molar-refractivity contribution in [1.29, 1.82) is 0 Å². The highest BCUT2D eigenvalue weighted by Crippen LogP contribution is 2.34. The van der Waals surface area contributed by atoms with Crippen molar-refractivity contribution in [1.82, 2.24) is 5.32 Å². The summed E-state index contributed by atoms with van der Waals surface area (Å²) in [6.07, 6.45) is 1.05. The van der Waals surface area contributed by atoms with Gasteiger partial charge in [-0.2, -0.15) is 0 Å². The van der Waals surface area contributed by atoms with E-state index < -0.39 is 0 Å². The van der Waals surface area contributed by atoms with Gasteiger partial charge < -0.3 is 5.32 Å². The molecule has 0 aliphatic carbocycles. The molecule has 1 aromatic carbocycles. The molecule has 1 unspecified atom stereocenters. The van der Waals surface area contributed by atoms with Crippen molar-refractivity contribution in [3.8, 4) is 0 Å². The number of thiophene rings is 2. The summed E-state index contributed by atoms with van der Waals surface area (Å²) < 4.78 is 2.81. The van der Waals surface area contributed by atoms with Crippen molar-refractivity contribution in [2.24, 2.45) is 0 Å². The zero-order valence-corrected chi connectivity index (χ0v) is 11.9. The van der Waals surface area contributed by atoms with E-state index in [0.717, 1.165) is 6.42 Å². The molecule has 92 valence electrons. The van der Waals surface area contributed by atoms with Crippen LogP contribution >= 0.6 is 22.7 Å². The number of hydrogen-bond acceptors (Lipinski definition) is 3. The molecule has 0 saturated carbocycles. The molecule has 1 atom stereocenters. The van der Waals surface area contributed by atoms with E-state index in [1.165, 1.54) is 19.8 Å². The van der Waals surface area contributed by atoms with E-state index in [4.69, 9.17) is 0 Å². The van der Waals surface area contributed by atoms with Crippen molar-refractivity contribution in [3.05, 3.63) is 58.3 Å². The first-order valence-corrected chi connectivity index (χ1v) is 7.74. The van der Waals surface area contributed by atoms with Crippen LogP contribution in [0, 0.1) is 0 Å². The van der Waals surface area contributed by atoms with E-state index in [0.29, 0.717) is 6.04 Å². The first-order valence-electron chi connectivity index (χ1n) is 6.05. The second-order valence-corrected chi connectivity index (χ2v) is 6.39. The number of benzene rings is 1. The summed E-state index contributed by atoms with van der Waals surface area (Å²) in [6.45, 7) is 0. The molecular formula is C15H15NS2. The summed E-state index contributed by atoms with van der Waals surface area (Å²) in [5.74, 6) is 0. The van der Waals surface area contributed by atoms with E-state index in [1.807, 2.05) is 29.7 Å². The van der Waals surface area contributed by atoms with Gasteiger partial charge in [0.25, 0.3) is 0 Å². The molecule has 2 aromatic heterocycles. The van der Waals surface area contributed by atoms with Crippen LogP contribution < -0.4 is 5.32 Å². The zero-order valence-electron chi connectivity index (χ0n) is 10.2. The Hall–Kier alpha value is -1.16. The van der Waals surface area contributed by atoms with E-state index >= 15 is 0 Å². The van der Waals surface area contributed by atoms with Crippen LogP contribution in [0.1, 0.15) is 16.5 Å². The Balaban J connectivity index is 1.86. The average molecular weight is 273 g/mol. The molecule has 0 spiro atoms. The topological polar surface area (TPSA) is 12.0 Å². The summed E-state index contributed by atoms with van der Waals surface area (Å²) in [5.41, 5.74) is 1.38. The lowest BCUT2D eigenvalue weighted by Crippen LogP contribution is -2.17. The SMILES string of the molecule is CNC(Cc1ccccc1)c1cc2sccc2s1. The predicted octanol–water partition coefficient (Wildman–Crippen LogP) is 4.47. The van der Waals surface area contributed by atoms with Crippen LogP contribution in [0.2, 0.25) is 0 Å². The van der Waals surface area contributed by atoms with Crippen LogP contribution in [0.15, 0.2) is 47.8 Å². The lowest BCUT2D eigenvalue weighted by molar-refractivity contribution is 0.602. The molecular weight excluding hydrogens is 258 g/mol. The summed E-state index contributed by atoms with van der Waals surface area (Å²) in [6, 6.07) is 15.6. The van der Waals surface area contributed by atoms with Crippen LogP contribution in [0.5, 0.6) is 0 Å². The fourth-order valence-corrected chi connectivity index (χ4v) is 4.38. The molecule has 0 fully saturated rings. The van der Waals surface area contributed by atoms with Gasteiger partial charge in [0.2, 0.25) is 0 Å². The lowest BCUT2D eigenvalue weighted by Gasteiger charge is -2.14. The molecule has 0 bridgehead atoms. The maximum atomic E-state index is 3.43. The van der Waals surface area contributed by atoms with Crippen LogP contribution in [0.4, 0.5) is 0 Å². The zero-order chi connectivity index (χ0) is 12.4. The van der Waals surface area contributed by atoms with Gasteiger partial charge in [-0.25, -0.2) is 0 Å². The van der Waals surface area contributed by atoms with E-state index in [2.05, 4.69) is 53.2 Å². The van der Waals surface area contributed by atoms with Crippen molar-refractivity contribution in [3.63, 3.8) is 0 Å². The average Bonchev–Trinajstić information content (AvgIpc) is 2.98. The normalized spacial score (nSPS) is 12.9. The third-order valence-electron chi connectivity index (χ3n) is 3.13. The molecule has 3 aromatic rings. The van der Waals surface area contributed by atoms with Crippen molar-refractivity contribution in [2.45, 2.75) is 12.5 Å². The van der Waals surface area contributed by atoms with Gasteiger partial charge in [0, 0.05) is 20.3 Å². The van der Waals surface area contributed by atoms with Gasteiger partial charge in [0.1, 0.15) is 0 Å². The van der Waals surface area contributed by atoms with E-state index in [1.54, 1.807) is 0 Å². The molecule has 0 radical (unpaired) electrons. The highest BCUT2D eigenvalue weighted by Gasteiger charge is 2.13. The smallest absolute Gasteiger partial charge is 0.0454 e. The Morgan fingerprint density at radius 1 is 1.11 bits per heavy atom. The molecule has 18 heavy (non-hydrogen) atoms. The van der Waals surface area contributed by atoms with Crippen molar-refractivity contribution >= 4 is 32.1 Å². The molecule has 0 amide bonds. The first-order chi connectivity index (χ1) is 8.86. The summed E-state index contributed by atoms with van der Waals surface area (Å²) in [4.78, 5) is 1.43. The summed E-state index contributed by atoms with van der Waals surface area (Å²) in [5, 5.41) is 5.60. The minimum Gasteiger partial charge on any atom is -0.312 e. The standard InChI is InChI=1S/C15H15NS2/c1-16-12(9-11-5-3-2-4-6-11)14-10-15-13(18-14)7-8-17-15/h2-8,10,12,16H,9H2,1H3. The number of rotatable bonds is 4. The summed E-state index contributed by atoms with van der Waals surface area (Å²) >= 11 is 3.73. The molecule has 2 heterocycles. The third-order valence-corrected chi connectivity index (χ3v) is 5.34. The summed E-state index contributed by atoms with van der Waals surface area (Å²) in [7, 11) is 2.04. The Bertz CT molecular complexity index is 596. The van der Waals surface area contributed by atoms with Gasteiger partial charge in [-0.3, -0.25) is 0 Å². The third kappa shape index (κ3) is 2.34. The fraction of sp³-hybridized carbons (Fsp3) is 0.200. The van der Waals surface area contributed by atoms with E-state index in [-0.39, 0.29) is 0 Å². The monoisotopic (exact) mass is 273 g/mol. The molecule has 3 heteroatoms. The van der Waals surface area contributed by atoms with E-state index in [9.17, 15) is 0 Å².